The fraction of sp³-hybridized carbons (Fsp3) is 0.294. The van der Waals surface area contributed by atoms with E-state index in [1.807, 2.05) is 47.4 Å². The first-order chi connectivity index (χ1) is 10.6. The minimum absolute atomic E-state index is 0.0196. The Bertz CT molecular complexity index is 654. The molecule has 1 amide bonds. The normalized spacial score (nSPS) is 19.4. The Kier molecular flexibility index (Phi) is 4.34. The van der Waals surface area contributed by atoms with Gasteiger partial charge in [-0.2, -0.15) is 0 Å². The fourth-order valence-electron chi connectivity index (χ4n) is 2.84. The van der Waals surface area contributed by atoms with Crippen molar-refractivity contribution in [2.24, 2.45) is 0 Å². The number of thioether (sulfide) groups is 1. The first-order valence-corrected chi connectivity index (χ1v) is 8.08. The average Bonchev–Trinajstić information content (AvgIpc) is 3.11. The molecule has 2 aromatic rings. The molecule has 114 valence electrons. The molecule has 0 radical (unpaired) electrons. The van der Waals surface area contributed by atoms with Gasteiger partial charge in [0.1, 0.15) is 11.8 Å². The van der Waals surface area contributed by atoms with Gasteiger partial charge in [-0.25, -0.2) is 0 Å². The van der Waals surface area contributed by atoms with E-state index in [4.69, 9.17) is 4.42 Å². The Hall–Kier alpha value is -2.01. The molecule has 0 saturated carbocycles. The van der Waals surface area contributed by atoms with E-state index in [-0.39, 0.29) is 22.3 Å². The monoisotopic (exact) mass is 315 g/mol. The number of carbonyl (C=O) groups excluding carboxylic acids is 2. The van der Waals surface area contributed by atoms with Crippen LogP contribution in [-0.2, 0) is 9.59 Å². The van der Waals surface area contributed by atoms with Crippen LogP contribution in [0.3, 0.4) is 0 Å². The topological polar surface area (TPSA) is 50.5 Å². The van der Waals surface area contributed by atoms with Crippen molar-refractivity contribution >= 4 is 22.8 Å². The van der Waals surface area contributed by atoms with E-state index in [9.17, 15) is 9.59 Å². The molecule has 0 N–H and O–H groups in total. The predicted octanol–water partition coefficient (Wildman–Crippen LogP) is 3.25. The third kappa shape index (κ3) is 3.09. The minimum atomic E-state index is -0.235. The van der Waals surface area contributed by atoms with Crippen molar-refractivity contribution < 1.29 is 14.0 Å². The number of rotatable bonds is 4. The smallest absolute Gasteiger partial charge is 0.224 e. The van der Waals surface area contributed by atoms with E-state index in [0.717, 1.165) is 11.3 Å². The second-order valence-electron chi connectivity index (χ2n) is 5.31. The molecule has 1 saturated heterocycles. The molecule has 0 aliphatic carbocycles. The third-order valence-corrected chi connectivity index (χ3v) is 4.68. The van der Waals surface area contributed by atoms with Gasteiger partial charge in [-0.1, -0.05) is 42.1 Å². The Morgan fingerprint density at radius 2 is 2.05 bits per heavy atom. The maximum Gasteiger partial charge on any atom is 0.224 e. The molecule has 2 heterocycles. The molecule has 1 aliphatic heterocycles. The van der Waals surface area contributed by atoms with Gasteiger partial charge in [0.15, 0.2) is 5.12 Å². The quantitative estimate of drug-likeness (QED) is 0.869. The van der Waals surface area contributed by atoms with Crippen LogP contribution in [0.5, 0.6) is 0 Å². The second kappa shape index (κ2) is 6.40. The summed E-state index contributed by atoms with van der Waals surface area (Å²) in [5.41, 5.74) is 1.01. The lowest BCUT2D eigenvalue weighted by atomic mass is 10.0. The largest absolute Gasteiger partial charge is 0.467 e. The zero-order chi connectivity index (χ0) is 15.5. The molecule has 1 aliphatic rings. The molecule has 2 unspecified atom stereocenters. The van der Waals surface area contributed by atoms with Crippen molar-refractivity contribution in [1.82, 2.24) is 4.90 Å². The van der Waals surface area contributed by atoms with Gasteiger partial charge < -0.3 is 9.32 Å². The van der Waals surface area contributed by atoms with Crippen LogP contribution in [0.1, 0.15) is 30.7 Å². The highest BCUT2D eigenvalue weighted by atomic mass is 32.2. The summed E-state index contributed by atoms with van der Waals surface area (Å²) in [6.45, 7) is 2.10. The molecular weight excluding hydrogens is 298 g/mol. The summed E-state index contributed by atoms with van der Waals surface area (Å²) in [5.74, 6) is 0.803. The summed E-state index contributed by atoms with van der Waals surface area (Å²) >= 11 is 1.25. The van der Waals surface area contributed by atoms with Gasteiger partial charge in [0.25, 0.3) is 0 Å². The molecule has 1 aromatic carbocycles. The molecule has 3 rings (SSSR count). The number of benzene rings is 1. The summed E-state index contributed by atoms with van der Waals surface area (Å²) in [6, 6.07) is 13.3. The molecule has 4 nitrogen and oxygen atoms in total. The Balaban J connectivity index is 1.90. The Morgan fingerprint density at radius 1 is 1.27 bits per heavy atom. The van der Waals surface area contributed by atoms with E-state index in [0.29, 0.717) is 13.0 Å². The lowest BCUT2D eigenvalue weighted by Crippen LogP contribution is -2.31. The minimum Gasteiger partial charge on any atom is -0.467 e. The van der Waals surface area contributed by atoms with Crippen LogP contribution in [0.4, 0.5) is 0 Å². The molecule has 0 spiro atoms. The van der Waals surface area contributed by atoms with Gasteiger partial charge in [-0.05, 0) is 17.7 Å². The maximum absolute atomic E-state index is 12.4. The van der Waals surface area contributed by atoms with Crippen LogP contribution in [0.2, 0.25) is 0 Å². The Morgan fingerprint density at radius 3 is 2.68 bits per heavy atom. The molecular formula is C17H17NO3S. The lowest BCUT2D eigenvalue weighted by Gasteiger charge is -2.27. The third-order valence-electron chi connectivity index (χ3n) is 3.70. The molecule has 2 atom stereocenters. The van der Waals surface area contributed by atoms with Crippen LogP contribution in [0.25, 0.3) is 0 Å². The van der Waals surface area contributed by atoms with Crippen LogP contribution in [-0.4, -0.2) is 27.7 Å². The lowest BCUT2D eigenvalue weighted by molar-refractivity contribution is -0.129. The van der Waals surface area contributed by atoms with E-state index in [2.05, 4.69) is 0 Å². The SMILES string of the molecule is CC(=O)SC1CC(=O)N(C(c2ccccc2)c2ccco2)C1. The highest BCUT2D eigenvalue weighted by Gasteiger charge is 2.37. The Labute approximate surface area is 133 Å². The first-order valence-electron chi connectivity index (χ1n) is 7.20. The molecule has 0 bridgehead atoms. The zero-order valence-electron chi connectivity index (χ0n) is 12.3. The highest BCUT2D eigenvalue weighted by molar-refractivity contribution is 8.14. The number of furan rings is 1. The van der Waals surface area contributed by atoms with Crippen LogP contribution >= 0.6 is 11.8 Å². The van der Waals surface area contributed by atoms with E-state index in [1.165, 1.54) is 11.8 Å². The number of carbonyl (C=O) groups is 2. The predicted molar refractivity (Wildman–Crippen MR) is 85.4 cm³/mol. The van der Waals surface area contributed by atoms with Gasteiger partial charge in [0.05, 0.1) is 6.26 Å². The number of hydrogen-bond acceptors (Lipinski definition) is 4. The van der Waals surface area contributed by atoms with Crippen molar-refractivity contribution in [1.29, 1.82) is 0 Å². The van der Waals surface area contributed by atoms with Crippen molar-refractivity contribution in [3.05, 3.63) is 60.1 Å². The van der Waals surface area contributed by atoms with E-state index < -0.39 is 0 Å². The van der Waals surface area contributed by atoms with Crippen LogP contribution in [0, 0.1) is 0 Å². The van der Waals surface area contributed by atoms with E-state index >= 15 is 0 Å². The molecule has 22 heavy (non-hydrogen) atoms. The fourth-order valence-corrected chi connectivity index (χ4v) is 3.77. The maximum atomic E-state index is 12.4. The number of likely N-dealkylation sites (tertiary alicyclic amines) is 1. The molecule has 1 aromatic heterocycles. The highest BCUT2D eigenvalue weighted by Crippen LogP contribution is 2.35. The summed E-state index contributed by atoms with van der Waals surface area (Å²) in [5, 5.41) is 0.0695. The van der Waals surface area contributed by atoms with Crippen molar-refractivity contribution in [3.8, 4) is 0 Å². The van der Waals surface area contributed by atoms with Gasteiger partial charge in [0, 0.05) is 25.1 Å². The summed E-state index contributed by atoms with van der Waals surface area (Å²) in [4.78, 5) is 25.5. The number of hydrogen-bond donors (Lipinski definition) is 0. The van der Waals surface area contributed by atoms with E-state index in [1.54, 1.807) is 13.2 Å². The van der Waals surface area contributed by atoms with Crippen molar-refractivity contribution in [2.75, 3.05) is 6.54 Å². The van der Waals surface area contributed by atoms with Crippen LogP contribution < -0.4 is 0 Å². The van der Waals surface area contributed by atoms with Gasteiger partial charge in [-0.3, -0.25) is 9.59 Å². The molecule has 1 fully saturated rings. The molecule has 5 heteroatoms. The standard InChI is InChI=1S/C17H17NO3S/c1-12(19)22-14-10-16(20)18(11-14)17(15-8-5-9-21-15)13-6-3-2-4-7-13/h2-9,14,17H,10-11H2,1H3. The van der Waals surface area contributed by atoms with Gasteiger partial charge in [0.2, 0.25) is 5.91 Å². The zero-order valence-corrected chi connectivity index (χ0v) is 13.1. The number of amides is 1. The van der Waals surface area contributed by atoms with Gasteiger partial charge >= 0.3 is 0 Å². The summed E-state index contributed by atoms with van der Waals surface area (Å²) in [7, 11) is 0. The van der Waals surface area contributed by atoms with Gasteiger partial charge in [-0.15, -0.1) is 0 Å². The van der Waals surface area contributed by atoms with Crippen LogP contribution in [0.15, 0.2) is 53.1 Å². The second-order valence-corrected chi connectivity index (χ2v) is 6.79. The van der Waals surface area contributed by atoms with Crippen molar-refractivity contribution in [3.63, 3.8) is 0 Å². The van der Waals surface area contributed by atoms with Crippen molar-refractivity contribution in [2.45, 2.75) is 24.6 Å². The summed E-state index contributed by atoms with van der Waals surface area (Å²) in [6.07, 6.45) is 2.02. The average molecular weight is 315 g/mol. The first kappa shape index (κ1) is 14.9. The number of nitrogens with zero attached hydrogens (tertiary/aromatic N) is 1. The summed E-state index contributed by atoms with van der Waals surface area (Å²) < 4.78 is 5.56.